The minimum atomic E-state index is -4.41. The first kappa shape index (κ1) is 21.7. The van der Waals surface area contributed by atoms with E-state index < -0.39 is 29.9 Å². The molecule has 1 spiro atoms. The van der Waals surface area contributed by atoms with Crippen LogP contribution in [0.4, 0.5) is 23.7 Å². The summed E-state index contributed by atoms with van der Waals surface area (Å²) in [5.41, 5.74) is -0.968. The van der Waals surface area contributed by atoms with Crippen molar-refractivity contribution in [3.8, 4) is 5.75 Å². The van der Waals surface area contributed by atoms with Crippen molar-refractivity contribution in [3.05, 3.63) is 24.3 Å². The van der Waals surface area contributed by atoms with Crippen LogP contribution in [0.5, 0.6) is 5.75 Å². The highest BCUT2D eigenvalue weighted by Gasteiger charge is 2.52. The molecule has 2 heterocycles. The molecule has 1 aromatic carbocycles. The largest absolute Gasteiger partial charge is 0.484 e. The molecule has 1 saturated carbocycles. The van der Waals surface area contributed by atoms with E-state index in [0.717, 1.165) is 0 Å². The molecule has 7 nitrogen and oxygen atoms in total. The zero-order valence-corrected chi connectivity index (χ0v) is 17.0. The van der Waals surface area contributed by atoms with E-state index >= 15 is 0 Å². The van der Waals surface area contributed by atoms with Crippen LogP contribution in [0.2, 0.25) is 0 Å². The molecule has 0 aromatic heterocycles. The van der Waals surface area contributed by atoms with Crippen LogP contribution >= 0.6 is 0 Å². The highest BCUT2D eigenvalue weighted by atomic mass is 19.4. The van der Waals surface area contributed by atoms with Crippen LogP contribution in [-0.4, -0.2) is 66.6 Å². The number of amides is 2. The van der Waals surface area contributed by atoms with Gasteiger partial charge in [-0.1, -0.05) is 0 Å². The van der Waals surface area contributed by atoms with Crippen LogP contribution in [0.1, 0.15) is 32.1 Å². The minimum Gasteiger partial charge on any atom is -0.484 e. The predicted octanol–water partition coefficient (Wildman–Crippen LogP) is 3.11. The topological polar surface area (TPSA) is 79.3 Å². The Morgan fingerprint density at radius 2 is 1.71 bits per heavy atom. The molecule has 0 atom stereocenters. The molecule has 1 aromatic rings. The lowest BCUT2D eigenvalue weighted by molar-refractivity contribution is -0.153. The van der Waals surface area contributed by atoms with Crippen molar-refractivity contribution in [1.82, 2.24) is 4.90 Å². The molecule has 2 saturated heterocycles. The SMILES string of the molecule is O=C1OCCN1CC1(O)CCC2(CCN(c3ccc(OCC(F)(F)F)cc3)C2=O)CC1. The van der Waals surface area contributed by atoms with Gasteiger partial charge in [0.1, 0.15) is 12.4 Å². The highest BCUT2D eigenvalue weighted by Crippen LogP contribution is 2.49. The Kier molecular flexibility index (Phi) is 5.53. The van der Waals surface area contributed by atoms with Gasteiger partial charge in [-0.25, -0.2) is 4.79 Å². The number of halogens is 3. The molecular formula is C21H25F3N2O5. The number of carbonyl (C=O) groups is 2. The number of carbonyl (C=O) groups excluding carboxylic acids is 2. The van der Waals surface area contributed by atoms with E-state index in [-0.39, 0.29) is 18.2 Å². The fraction of sp³-hybridized carbons (Fsp3) is 0.619. The monoisotopic (exact) mass is 442 g/mol. The summed E-state index contributed by atoms with van der Waals surface area (Å²) in [5.74, 6) is 0.0599. The Morgan fingerprint density at radius 1 is 1.03 bits per heavy atom. The molecule has 0 radical (unpaired) electrons. The second kappa shape index (κ2) is 7.89. The molecule has 2 aliphatic heterocycles. The third-order valence-electron chi connectivity index (χ3n) is 6.53. The first-order valence-electron chi connectivity index (χ1n) is 10.4. The number of nitrogens with zero attached hydrogens (tertiary/aromatic N) is 2. The van der Waals surface area contributed by atoms with Gasteiger partial charge in [0, 0.05) is 12.2 Å². The molecule has 2 amide bonds. The van der Waals surface area contributed by atoms with Gasteiger partial charge < -0.3 is 24.4 Å². The Morgan fingerprint density at radius 3 is 2.29 bits per heavy atom. The van der Waals surface area contributed by atoms with E-state index in [4.69, 9.17) is 9.47 Å². The Bertz CT molecular complexity index is 834. The number of benzene rings is 1. The number of hydrogen-bond donors (Lipinski definition) is 1. The average Bonchev–Trinajstić information content (AvgIpc) is 3.26. The highest BCUT2D eigenvalue weighted by molar-refractivity contribution is 6.00. The Balaban J connectivity index is 1.36. The van der Waals surface area contributed by atoms with Gasteiger partial charge in [0.2, 0.25) is 5.91 Å². The quantitative estimate of drug-likeness (QED) is 0.758. The number of β-amino-alcohol motifs (C(OH)–C–C–N with tert-alkyl or cyclic N) is 1. The normalized spacial score (nSPS) is 29.0. The lowest BCUT2D eigenvalue weighted by Gasteiger charge is -2.42. The van der Waals surface area contributed by atoms with Crippen molar-refractivity contribution in [2.24, 2.45) is 5.41 Å². The molecule has 0 bridgehead atoms. The van der Waals surface area contributed by atoms with E-state index in [1.807, 2.05) is 0 Å². The average molecular weight is 442 g/mol. The summed E-state index contributed by atoms with van der Waals surface area (Å²) in [6.45, 7) is 0.141. The molecule has 3 aliphatic rings. The van der Waals surface area contributed by atoms with E-state index in [1.54, 1.807) is 17.0 Å². The number of alkyl halides is 3. The molecule has 1 N–H and O–H groups in total. The molecular weight excluding hydrogens is 417 g/mol. The predicted molar refractivity (Wildman–Crippen MR) is 104 cm³/mol. The molecule has 1 aliphatic carbocycles. The molecule has 4 rings (SSSR count). The summed E-state index contributed by atoms with van der Waals surface area (Å²) in [5, 5.41) is 10.9. The lowest BCUT2D eigenvalue weighted by atomic mass is 9.67. The Labute approximate surface area is 177 Å². The fourth-order valence-electron chi connectivity index (χ4n) is 4.69. The van der Waals surface area contributed by atoms with Gasteiger partial charge in [-0.05, 0) is 56.4 Å². The van der Waals surface area contributed by atoms with Crippen LogP contribution in [0.15, 0.2) is 24.3 Å². The fourth-order valence-corrected chi connectivity index (χ4v) is 4.69. The molecule has 170 valence electrons. The van der Waals surface area contributed by atoms with Crippen LogP contribution in [0, 0.1) is 5.41 Å². The summed E-state index contributed by atoms with van der Waals surface area (Å²) >= 11 is 0. The van der Waals surface area contributed by atoms with Crippen molar-refractivity contribution >= 4 is 17.7 Å². The molecule has 31 heavy (non-hydrogen) atoms. The van der Waals surface area contributed by atoms with E-state index in [2.05, 4.69) is 0 Å². The maximum atomic E-state index is 13.2. The van der Waals surface area contributed by atoms with Crippen molar-refractivity contribution < 1.29 is 37.3 Å². The van der Waals surface area contributed by atoms with Gasteiger partial charge >= 0.3 is 12.3 Å². The number of aliphatic hydroxyl groups is 1. The first-order valence-corrected chi connectivity index (χ1v) is 10.4. The number of cyclic esters (lactones) is 1. The first-order chi connectivity index (χ1) is 14.6. The second-order valence-corrected chi connectivity index (χ2v) is 8.65. The minimum absolute atomic E-state index is 0.0286. The zero-order chi connectivity index (χ0) is 22.3. The standard InChI is InChI=1S/C21H25F3N2O5/c22-21(23,24)14-31-16-3-1-15(2-4-16)26-10-9-19(17(26)27)5-7-20(29,8-6-19)13-25-11-12-30-18(25)28/h1-4,29H,5-14H2. The second-order valence-electron chi connectivity index (χ2n) is 8.65. The summed E-state index contributed by atoms with van der Waals surface area (Å²) < 4.78 is 46.5. The van der Waals surface area contributed by atoms with E-state index in [9.17, 15) is 27.9 Å². The van der Waals surface area contributed by atoms with Gasteiger partial charge in [-0.15, -0.1) is 0 Å². The Hall–Kier alpha value is -2.49. The van der Waals surface area contributed by atoms with Gasteiger partial charge in [-0.3, -0.25) is 4.79 Å². The van der Waals surface area contributed by atoms with Crippen molar-refractivity contribution in [1.29, 1.82) is 0 Å². The van der Waals surface area contributed by atoms with Crippen molar-refractivity contribution in [2.75, 3.05) is 37.7 Å². The summed E-state index contributed by atoms with van der Waals surface area (Å²) in [6, 6.07) is 6.02. The summed E-state index contributed by atoms with van der Waals surface area (Å²) in [7, 11) is 0. The van der Waals surface area contributed by atoms with Crippen LogP contribution in [0.3, 0.4) is 0 Å². The number of anilines is 1. The van der Waals surface area contributed by atoms with Gasteiger partial charge in [0.05, 0.1) is 24.1 Å². The van der Waals surface area contributed by atoms with Crippen LogP contribution < -0.4 is 9.64 Å². The van der Waals surface area contributed by atoms with Gasteiger partial charge in [0.15, 0.2) is 6.61 Å². The summed E-state index contributed by atoms with van der Waals surface area (Å²) in [6.07, 6.45) is -2.29. The lowest BCUT2D eigenvalue weighted by Crippen LogP contribution is -2.49. The maximum Gasteiger partial charge on any atom is 0.422 e. The van der Waals surface area contributed by atoms with Gasteiger partial charge in [0.25, 0.3) is 0 Å². The van der Waals surface area contributed by atoms with Crippen molar-refractivity contribution in [2.45, 2.75) is 43.9 Å². The van der Waals surface area contributed by atoms with Crippen LogP contribution in [0.25, 0.3) is 0 Å². The number of ether oxygens (including phenoxy) is 2. The smallest absolute Gasteiger partial charge is 0.422 e. The zero-order valence-electron chi connectivity index (χ0n) is 17.0. The summed E-state index contributed by atoms with van der Waals surface area (Å²) in [4.78, 5) is 28.0. The molecule has 0 unspecified atom stereocenters. The van der Waals surface area contributed by atoms with Crippen LogP contribution in [-0.2, 0) is 9.53 Å². The maximum absolute atomic E-state index is 13.2. The molecule has 10 heteroatoms. The van der Waals surface area contributed by atoms with E-state index in [1.165, 1.54) is 17.0 Å². The number of rotatable bonds is 5. The van der Waals surface area contributed by atoms with Crippen molar-refractivity contribution in [3.63, 3.8) is 0 Å². The third kappa shape index (κ3) is 4.58. The number of hydrogen-bond acceptors (Lipinski definition) is 5. The molecule has 3 fully saturated rings. The van der Waals surface area contributed by atoms with Gasteiger partial charge in [-0.2, -0.15) is 13.2 Å². The third-order valence-corrected chi connectivity index (χ3v) is 6.53. The van der Waals surface area contributed by atoms with E-state index in [0.29, 0.717) is 57.5 Å².